The van der Waals surface area contributed by atoms with Gasteiger partial charge in [-0.25, -0.2) is 39.8 Å². The number of rotatable bonds is 3. The highest BCUT2D eigenvalue weighted by Crippen LogP contribution is 2.31. The number of alkyl halides is 3. The number of Topliss-reactive ketones (excluding diaryl/α,β-unsaturated/α-hetero) is 1. The zero-order valence-corrected chi connectivity index (χ0v) is 14.6. The number of ketones is 1. The number of carbonyl (C=O) groups excluding carboxylic acids is 1. The predicted molar refractivity (Wildman–Crippen MR) is 81.9 cm³/mol. The van der Waals surface area contributed by atoms with Crippen LogP contribution in [0.25, 0.3) is 16.9 Å². The highest BCUT2D eigenvalue weighted by molar-refractivity contribution is 6.04. The summed E-state index contributed by atoms with van der Waals surface area (Å²) in [5.74, 6) is -22.3. The molecule has 2 aromatic carbocycles. The number of benzene rings is 2. The average molecular weight is 476 g/mol. The lowest BCUT2D eigenvalue weighted by Gasteiger charge is -2.08. The minimum absolute atomic E-state index is 0.0136. The van der Waals surface area contributed by atoms with Crippen molar-refractivity contribution in [1.82, 2.24) is 9.78 Å². The second-order valence-corrected chi connectivity index (χ2v) is 6.00. The smallest absolute Gasteiger partial charge is 0.289 e. The van der Waals surface area contributed by atoms with Gasteiger partial charge in [0, 0.05) is 5.56 Å². The van der Waals surface area contributed by atoms with Crippen LogP contribution in [0.2, 0.25) is 0 Å². The van der Waals surface area contributed by atoms with E-state index in [2.05, 4.69) is 0 Å². The number of carbonyl (C=O) groups is 1. The summed E-state index contributed by atoms with van der Waals surface area (Å²) in [5.41, 5.74) is -8.99. The first-order valence-corrected chi connectivity index (χ1v) is 7.81. The Hall–Kier alpha value is -3.65. The molecular weight excluding hydrogens is 473 g/mol. The van der Waals surface area contributed by atoms with E-state index >= 15 is 0 Å². The summed E-state index contributed by atoms with van der Waals surface area (Å²) < 4.78 is 147. The summed E-state index contributed by atoms with van der Waals surface area (Å²) in [4.78, 5) is 24.1. The van der Waals surface area contributed by atoms with Crippen molar-refractivity contribution >= 4 is 5.78 Å². The number of halogens is 11. The molecule has 0 aliphatic rings. The molecule has 0 fully saturated rings. The van der Waals surface area contributed by atoms with Crippen molar-refractivity contribution in [2.45, 2.75) is 6.18 Å². The summed E-state index contributed by atoms with van der Waals surface area (Å²) in [7, 11) is 0. The molecule has 0 bridgehead atoms. The van der Waals surface area contributed by atoms with Gasteiger partial charge in [0.1, 0.15) is 11.3 Å². The van der Waals surface area contributed by atoms with Crippen LogP contribution in [0.4, 0.5) is 48.3 Å². The second kappa shape index (κ2) is 7.49. The highest BCUT2D eigenvalue weighted by atomic mass is 19.4. The maximum absolute atomic E-state index is 14.1. The summed E-state index contributed by atoms with van der Waals surface area (Å²) >= 11 is 0. The SMILES string of the molecule is O=C(c1c(-c2cc(F)c(F)c(F)c2)[nH]n(-c2c(F)c(F)c(F)c(F)c2F)c1=O)C(F)(F)F. The lowest BCUT2D eigenvalue weighted by atomic mass is 10.0. The Balaban J connectivity index is 2.46. The molecule has 0 unspecified atom stereocenters. The van der Waals surface area contributed by atoms with E-state index in [0.717, 1.165) is 0 Å². The minimum Gasteiger partial charge on any atom is -0.289 e. The van der Waals surface area contributed by atoms with Crippen LogP contribution in [-0.4, -0.2) is 21.7 Å². The second-order valence-electron chi connectivity index (χ2n) is 6.00. The van der Waals surface area contributed by atoms with Gasteiger partial charge in [0.25, 0.3) is 11.3 Å². The van der Waals surface area contributed by atoms with Crippen molar-refractivity contribution in [3.63, 3.8) is 0 Å². The van der Waals surface area contributed by atoms with Gasteiger partial charge in [-0.2, -0.15) is 13.2 Å². The maximum Gasteiger partial charge on any atom is 0.455 e. The lowest BCUT2D eigenvalue weighted by molar-refractivity contribution is -0.0885. The number of H-pyrrole nitrogens is 1. The van der Waals surface area contributed by atoms with Gasteiger partial charge in [-0.3, -0.25) is 14.7 Å². The standard InChI is InChI=1S/C17H3F11N2O2/c18-4-1-3(2-5(19)7(4)20)13-6(15(31)17(26,27)28)16(32)30(29-13)14-11(24)9(22)8(21)10(23)12(14)25/h1-2,29H. The molecule has 0 aliphatic carbocycles. The van der Waals surface area contributed by atoms with Crippen LogP contribution in [-0.2, 0) is 0 Å². The molecule has 3 aromatic rings. The molecule has 0 saturated carbocycles. The third-order valence-corrected chi connectivity index (χ3v) is 4.06. The summed E-state index contributed by atoms with van der Waals surface area (Å²) in [6.45, 7) is 0. The van der Waals surface area contributed by atoms with Gasteiger partial charge in [0.15, 0.2) is 40.7 Å². The molecule has 0 amide bonds. The number of nitrogens with one attached hydrogen (secondary N) is 1. The lowest BCUT2D eigenvalue weighted by Crippen LogP contribution is -2.30. The highest BCUT2D eigenvalue weighted by Gasteiger charge is 2.44. The monoisotopic (exact) mass is 476 g/mol. The van der Waals surface area contributed by atoms with Gasteiger partial charge in [-0.05, 0) is 12.1 Å². The Morgan fingerprint density at radius 2 is 1.19 bits per heavy atom. The van der Waals surface area contributed by atoms with Gasteiger partial charge in [0.05, 0.1) is 5.69 Å². The Morgan fingerprint density at radius 3 is 1.62 bits per heavy atom. The van der Waals surface area contributed by atoms with Gasteiger partial charge in [-0.1, -0.05) is 0 Å². The molecule has 3 rings (SSSR count). The van der Waals surface area contributed by atoms with Crippen molar-refractivity contribution in [1.29, 1.82) is 0 Å². The zero-order valence-electron chi connectivity index (χ0n) is 14.6. The molecule has 0 spiro atoms. The maximum atomic E-state index is 14.1. The van der Waals surface area contributed by atoms with Crippen LogP contribution in [0.15, 0.2) is 16.9 Å². The number of hydrogen-bond donors (Lipinski definition) is 1. The van der Waals surface area contributed by atoms with Gasteiger partial charge >= 0.3 is 6.18 Å². The molecule has 1 N–H and O–H groups in total. The fourth-order valence-electron chi connectivity index (χ4n) is 2.65. The molecule has 15 heteroatoms. The molecule has 4 nitrogen and oxygen atoms in total. The largest absolute Gasteiger partial charge is 0.455 e. The third-order valence-electron chi connectivity index (χ3n) is 4.06. The van der Waals surface area contributed by atoms with E-state index in [1.165, 1.54) is 5.10 Å². The van der Waals surface area contributed by atoms with Crippen molar-refractivity contribution in [2.24, 2.45) is 0 Å². The van der Waals surface area contributed by atoms with E-state index < -0.39 is 91.2 Å². The Kier molecular flexibility index (Phi) is 5.39. The third kappa shape index (κ3) is 3.42. The fourth-order valence-corrected chi connectivity index (χ4v) is 2.65. The van der Waals surface area contributed by atoms with E-state index in [4.69, 9.17) is 0 Å². The van der Waals surface area contributed by atoms with Crippen molar-refractivity contribution in [3.05, 3.63) is 74.6 Å². The first kappa shape index (κ1) is 23.0. The number of aromatic nitrogens is 2. The Bertz CT molecular complexity index is 1290. The van der Waals surface area contributed by atoms with Crippen LogP contribution in [0.3, 0.4) is 0 Å². The zero-order chi connectivity index (χ0) is 24.3. The first-order valence-electron chi connectivity index (χ1n) is 7.81. The molecule has 32 heavy (non-hydrogen) atoms. The summed E-state index contributed by atoms with van der Waals surface area (Å²) in [5, 5.41) is 1.46. The molecule has 0 saturated heterocycles. The normalized spacial score (nSPS) is 11.8. The van der Waals surface area contributed by atoms with E-state index in [1.54, 1.807) is 0 Å². The fraction of sp³-hybridized carbons (Fsp3) is 0.0588. The van der Waals surface area contributed by atoms with Crippen molar-refractivity contribution in [3.8, 4) is 16.9 Å². The Labute approximate surface area is 167 Å². The molecule has 0 aliphatic heterocycles. The molecule has 1 aromatic heterocycles. The quantitative estimate of drug-likeness (QED) is 0.258. The number of hydrogen-bond acceptors (Lipinski definition) is 2. The van der Waals surface area contributed by atoms with Gasteiger partial charge in [0.2, 0.25) is 5.82 Å². The van der Waals surface area contributed by atoms with Crippen LogP contribution < -0.4 is 5.56 Å². The van der Waals surface area contributed by atoms with E-state index in [1.807, 2.05) is 0 Å². The number of aromatic amines is 1. The minimum atomic E-state index is -5.83. The Morgan fingerprint density at radius 1 is 0.750 bits per heavy atom. The van der Waals surface area contributed by atoms with E-state index in [0.29, 0.717) is 0 Å². The average Bonchev–Trinajstić information content (AvgIpc) is 3.04. The van der Waals surface area contributed by atoms with Crippen molar-refractivity contribution in [2.75, 3.05) is 0 Å². The number of nitrogens with zero attached hydrogens (tertiary/aromatic N) is 1. The van der Waals surface area contributed by atoms with Gasteiger partial charge in [-0.15, -0.1) is 0 Å². The summed E-state index contributed by atoms with van der Waals surface area (Å²) in [6.07, 6.45) is -5.83. The van der Waals surface area contributed by atoms with Gasteiger partial charge < -0.3 is 0 Å². The molecule has 170 valence electrons. The molecule has 0 atom stereocenters. The molecule has 1 heterocycles. The first-order chi connectivity index (χ1) is 14.7. The van der Waals surface area contributed by atoms with Crippen LogP contribution in [0.5, 0.6) is 0 Å². The van der Waals surface area contributed by atoms with Crippen LogP contribution in [0, 0.1) is 46.5 Å². The van der Waals surface area contributed by atoms with Crippen LogP contribution in [0.1, 0.15) is 10.4 Å². The predicted octanol–water partition coefficient (Wildman–Crippen LogP) is 4.69. The van der Waals surface area contributed by atoms with E-state index in [-0.39, 0.29) is 12.1 Å². The topological polar surface area (TPSA) is 54.9 Å². The van der Waals surface area contributed by atoms with Crippen molar-refractivity contribution < 1.29 is 53.1 Å². The van der Waals surface area contributed by atoms with Crippen LogP contribution >= 0.6 is 0 Å². The summed E-state index contributed by atoms with van der Waals surface area (Å²) in [6, 6.07) is 0.0272. The molecular formula is C17H3F11N2O2. The van der Waals surface area contributed by atoms with E-state index in [9.17, 15) is 57.9 Å². The molecule has 0 radical (unpaired) electrons.